The molecule has 0 aliphatic carbocycles. The van der Waals surface area contributed by atoms with Gasteiger partial charge < -0.3 is 15.4 Å². The highest BCUT2D eigenvalue weighted by Gasteiger charge is 2.05. The molecule has 0 aliphatic rings. The van der Waals surface area contributed by atoms with Crippen LogP contribution in [-0.4, -0.2) is 19.2 Å². The lowest BCUT2D eigenvalue weighted by molar-refractivity contribution is 0.252. The quantitative estimate of drug-likeness (QED) is 0.797. The Morgan fingerprint density at radius 1 is 1.17 bits per heavy atom. The number of terminal acetylenes is 1. The van der Waals surface area contributed by atoms with Crippen molar-refractivity contribution >= 4 is 11.7 Å². The van der Waals surface area contributed by atoms with E-state index in [1.54, 1.807) is 0 Å². The molecule has 2 amide bonds. The zero-order chi connectivity index (χ0) is 17.4. The fourth-order valence-electron chi connectivity index (χ4n) is 2.25. The molecule has 124 valence electrons. The van der Waals surface area contributed by atoms with Crippen molar-refractivity contribution in [2.45, 2.75) is 20.3 Å². The summed E-state index contributed by atoms with van der Waals surface area (Å²) in [4.78, 5) is 12.0. The SMILES string of the molecule is C#CCOc1ccc(CCNC(=O)Nc2cccc(C)c2C)cc1. The Hall–Kier alpha value is -2.93. The molecule has 2 aromatic rings. The number of rotatable bonds is 6. The van der Waals surface area contributed by atoms with Gasteiger partial charge >= 0.3 is 6.03 Å². The summed E-state index contributed by atoms with van der Waals surface area (Å²) in [6, 6.07) is 13.4. The Morgan fingerprint density at radius 3 is 2.62 bits per heavy atom. The minimum Gasteiger partial charge on any atom is -0.481 e. The van der Waals surface area contributed by atoms with Gasteiger partial charge in [0.15, 0.2) is 0 Å². The highest BCUT2D eigenvalue weighted by atomic mass is 16.5. The predicted octanol–water partition coefficient (Wildman–Crippen LogP) is 3.68. The van der Waals surface area contributed by atoms with Crippen LogP contribution in [0, 0.1) is 26.2 Å². The van der Waals surface area contributed by atoms with E-state index in [-0.39, 0.29) is 12.6 Å². The van der Waals surface area contributed by atoms with Gasteiger partial charge in [0.1, 0.15) is 12.4 Å². The molecular weight excluding hydrogens is 300 g/mol. The van der Waals surface area contributed by atoms with Gasteiger partial charge in [-0.2, -0.15) is 0 Å². The van der Waals surface area contributed by atoms with Crippen LogP contribution in [-0.2, 0) is 6.42 Å². The maximum Gasteiger partial charge on any atom is 0.319 e. The van der Waals surface area contributed by atoms with E-state index >= 15 is 0 Å². The average molecular weight is 322 g/mol. The van der Waals surface area contributed by atoms with Gasteiger partial charge in [-0.05, 0) is 55.2 Å². The Balaban J connectivity index is 1.78. The molecule has 0 saturated carbocycles. The number of carbonyl (C=O) groups excluding carboxylic acids is 1. The van der Waals surface area contributed by atoms with E-state index in [0.29, 0.717) is 6.54 Å². The third-order valence-electron chi connectivity index (χ3n) is 3.80. The van der Waals surface area contributed by atoms with Crippen LogP contribution in [0.5, 0.6) is 5.75 Å². The molecule has 2 aromatic carbocycles. The van der Waals surface area contributed by atoms with Crippen molar-refractivity contribution in [2.75, 3.05) is 18.5 Å². The summed E-state index contributed by atoms with van der Waals surface area (Å²) in [5, 5.41) is 5.75. The van der Waals surface area contributed by atoms with Gasteiger partial charge in [0, 0.05) is 12.2 Å². The number of hydrogen-bond donors (Lipinski definition) is 2. The summed E-state index contributed by atoms with van der Waals surface area (Å²) >= 11 is 0. The molecule has 0 bridgehead atoms. The Bertz CT molecular complexity index is 730. The van der Waals surface area contributed by atoms with Crippen LogP contribution in [0.1, 0.15) is 16.7 Å². The van der Waals surface area contributed by atoms with Gasteiger partial charge in [-0.25, -0.2) is 4.79 Å². The minimum atomic E-state index is -0.197. The van der Waals surface area contributed by atoms with Crippen molar-refractivity contribution in [1.29, 1.82) is 0 Å². The maximum atomic E-state index is 12.0. The lowest BCUT2D eigenvalue weighted by atomic mass is 10.1. The normalized spacial score (nSPS) is 9.88. The summed E-state index contributed by atoms with van der Waals surface area (Å²) in [6.45, 7) is 4.84. The van der Waals surface area contributed by atoms with Crippen LogP contribution in [0.3, 0.4) is 0 Å². The highest BCUT2D eigenvalue weighted by Crippen LogP contribution is 2.17. The first kappa shape index (κ1) is 17.4. The highest BCUT2D eigenvalue weighted by molar-refractivity contribution is 5.90. The van der Waals surface area contributed by atoms with Gasteiger partial charge in [-0.1, -0.05) is 30.2 Å². The van der Waals surface area contributed by atoms with E-state index in [1.165, 1.54) is 0 Å². The molecule has 4 heteroatoms. The van der Waals surface area contributed by atoms with Crippen LogP contribution in [0.4, 0.5) is 10.5 Å². The molecular formula is C20H22N2O2. The smallest absolute Gasteiger partial charge is 0.319 e. The zero-order valence-corrected chi connectivity index (χ0v) is 14.1. The van der Waals surface area contributed by atoms with Crippen LogP contribution >= 0.6 is 0 Å². The lowest BCUT2D eigenvalue weighted by Gasteiger charge is -2.11. The van der Waals surface area contributed by atoms with E-state index in [0.717, 1.165) is 34.5 Å². The number of amides is 2. The van der Waals surface area contributed by atoms with Crippen molar-refractivity contribution in [3.8, 4) is 18.1 Å². The first-order chi connectivity index (χ1) is 11.6. The number of nitrogens with one attached hydrogen (secondary N) is 2. The van der Waals surface area contributed by atoms with Crippen LogP contribution in [0.25, 0.3) is 0 Å². The van der Waals surface area contributed by atoms with Gasteiger partial charge in [0.2, 0.25) is 0 Å². The van der Waals surface area contributed by atoms with Crippen molar-refractivity contribution in [2.24, 2.45) is 0 Å². The molecule has 2 N–H and O–H groups in total. The summed E-state index contributed by atoms with van der Waals surface area (Å²) in [6.07, 6.45) is 5.90. The Kier molecular flexibility index (Phi) is 6.27. The average Bonchev–Trinajstić information content (AvgIpc) is 2.58. The van der Waals surface area contributed by atoms with Crippen molar-refractivity contribution in [3.05, 3.63) is 59.2 Å². The summed E-state index contributed by atoms with van der Waals surface area (Å²) < 4.78 is 5.32. The van der Waals surface area contributed by atoms with E-state index in [9.17, 15) is 4.79 Å². The van der Waals surface area contributed by atoms with Crippen LogP contribution in [0.2, 0.25) is 0 Å². The third kappa shape index (κ3) is 5.06. The van der Waals surface area contributed by atoms with Crippen LogP contribution < -0.4 is 15.4 Å². The van der Waals surface area contributed by atoms with E-state index in [4.69, 9.17) is 11.2 Å². The molecule has 0 saturated heterocycles. The predicted molar refractivity (Wildman–Crippen MR) is 97.4 cm³/mol. The van der Waals surface area contributed by atoms with E-state index < -0.39 is 0 Å². The number of urea groups is 1. The van der Waals surface area contributed by atoms with Gasteiger partial charge in [-0.15, -0.1) is 6.42 Å². The second-order valence-corrected chi connectivity index (χ2v) is 5.52. The minimum absolute atomic E-state index is 0.197. The number of carbonyl (C=O) groups is 1. The number of anilines is 1. The lowest BCUT2D eigenvalue weighted by Crippen LogP contribution is -2.30. The Morgan fingerprint density at radius 2 is 1.92 bits per heavy atom. The van der Waals surface area contributed by atoms with Gasteiger partial charge in [0.05, 0.1) is 0 Å². The third-order valence-corrected chi connectivity index (χ3v) is 3.80. The fourth-order valence-corrected chi connectivity index (χ4v) is 2.25. The number of ether oxygens (including phenoxy) is 1. The zero-order valence-electron chi connectivity index (χ0n) is 14.1. The number of aryl methyl sites for hydroxylation is 1. The molecule has 0 fully saturated rings. The molecule has 0 atom stereocenters. The number of hydrogen-bond acceptors (Lipinski definition) is 2. The molecule has 0 heterocycles. The maximum absolute atomic E-state index is 12.0. The molecule has 24 heavy (non-hydrogen) atoms. The second kappa shape index (κ2) is 8.64. The summed E-state index contributed by atoms with van der Waals surface area (Å²) in [7, 11) is 0. The van der Waals surface area contributed by atoms with Gasteiger partial charge in [-0.3, -0.25) is 0 Å². The summed E-state index contributed by atoms with van der Waals surface area (Å²) in [5.41, 5.74) is 4.19. The van der Waals surface area contributed by atoms with Crippen LogP contribution in [0.15, 0.2) is 42.5 Å². The first-order valence-corrected chi connectivity index (χ1v) is 7.86. The van der Waals surface area contributed by atoms with Crippen molar-refractivity contribution < 1.29 is 9.53 Å². The molecule has 0 radical (unpaired) electrons. The fraction of sp³-hybridized carbons (Fsp3) is 0.250. The molecule has 2 rings (SSSR count). The molecule has 0 unspecified atom stereocenters. The topological polar surface area (TPSA) is 50.4 Å². The number of benzene rings is 2. The molecule has 0 spiro atoms. The monoisotopic (exact) mass is 322 g/mol. The standard InChI is InChI=1S/C20H22N2O2/c1-4-14-24-18-10-8-17(9-11-18)12-13-21-20(23)22-19-7-5-6-15(2)16(19)3/h1,5-11H,12-14H2,2-3H3,(H2,21,22,23). The van der Waals surface area contributed by atoms with E-state index in [1.807, 2.05) is 56.3 Å². The molecule has 0 aromatic heterocycles. The van der Waals surface area contributed by atoms with Gasteiger partial charge in [0.25, 0.3) is 0 Å². The summed E-state index contributed by atoms with van der Waals surface area (Å²) in [5.74, 6) is 3.18. The largest absolute Gasteiger partial charge is 0.481 e. The van der Waals surface area contributed by atoms with Crippen molar-refractivity contribution in [3.63, 3.8) is 0 Å². The van der Waals surface area contributed by atoms with Crippen molar-refractivity contribution in [1.82, 2.24) is 5.32 Å². The molecule has 4 nitrogen and oxygen atoms in total. The van der Waals surface area contributed by atoms with E-state index in [2.05, 4.69) is 16.6 Å². The first-order valence-electron chi connectivity index (χ1n) is 7.86. The molecule has 0 aliphatic heterocycles. The Labute approximate surface area is 143 Å². The second-order valence-electron chi connectivity index (χ2n) is 5.52.